The Morgan fingerprint density at radius 2 is 1.54 bits per heavy atom. The van der Waals surface area contributed by atoms with Crippen LogP contribution in [0, 0.1) is 11.3 Å². The maximum Gasteiger partial charge on any atom is 0.453 e. The molecule has 0 radical (unpaired) electrons. The third kappa shape index (κ3) is 4.06. The van der Waals surface area contributed by atoms with Crippen molar-refractivity contribution in [1.29, 1.82) is 5.26 Å². The average Bonchev–Trinajstić information content (AvgIpc) is 1.96. The Hall–Kier alpha value is -0.860. The number of alkyl halides is 5. The second kappa shape index (κ2) is 4.40. The summed E-state index contributed by atoms with van der Waals surface area (Å²) in [6.07, 6.45) is -6.92. The molecule has 0 aromatic rings. The van der Waals surface area contributed by atoms with Crippen molar-refractivity contribution in [3.8, 4) is 6.07 Å². The molecule has 0 unspecified atom stereocenters. The van der Waals surface area contributed by atoms with E-state index in [1.54, 1.807) is 6.07 Å². The molecule has 0 saturated carbocycles. The van der Waals surface area contributed by atoms with E-state index in [1.165, 1.54) is 0 Å². The van der Waals surface area contributed by atoms with E-state index in [1.807, 2.05) is 0 Å². The van der Waals surface area contributed by atoms with E-state index in [4.69, 9.17) is 5.26 Å². The van der Waals surface area contributed by atoms with E-state index in [0.717, 1.165) is 0 Å². The summed E-state index contributed by atoms with van der Waals surface area (Å²) in [5, 5.41) is 8.00. The third-order valence-electron chi connectivity index (χ3n) is 1.44. The SMILES string of the molecule is N#CCCCCC(F)(F)C(F)(F)F. The lowest BCUT2D eigenvalue weighted by Crippen LogP contribution is -2.36. The largest absolute Gasteiger partial charge is 0.453 e. The molecule has 6 heteroatoms. The minimum Gasteiger partial charge on any atom is -0.198 e. The summed E-state index contributed by atoms with van der Waals surface area (Å²) in [5.74, 6) is -4.62. The standard InChI is InChI=1S/C7H8F5N/c8-6(9,7(10,11)12)4-2-1-3-5-13/h1-4H2. The molecular formula is C7H8F5N. The van der Waals surface area contributed by atoms with Gasteiger partial charge in [-0.3, -0.25) is 0 Å². The molecule has 0 aromatic heterocycles. The predicted octanol–water partition coefficient (Wildman–Crippen LogP) is 3.27. The summed E-state index contributed by atoms with van der Waals surface area (Å²) < 4.78 is 58.9. The fraction of sp³-hybridized carbons (Fsp3) is 0.857. The summed E-state index contributed by atoms with van der Waals surface area (Å²) in [6, 6.07) is 1.67. The third-order valence-corrected chi connectivity index (χ3v) is 1.44. The van der Waals surface area contributed by atoms with Crippen LogP contribution in [0.1, 0.15) is 25.7 Å². The highest BCUT2D eigenvalue weighted by atomic mass is 19.4. The number of rotatable bonds is 4. The lowest BCUT2D eigenvalue weighted by Gasteiger charge is -2.18. The van der Waals surface area contributed by atoms with Crippen molar-refractivity contribution in [1.82, 2.24) is 0 Å². The quantitative estimate of drug-likeness (QED) is 0.505. The van der Waals surface area contributed by atoms with Crippen LogP contribution in [-0.2, 0) is 0 Å². The molecule has 0 amide bonds. The molecule has 0 aliphatic heterocycles. The molecule has 0 atom stereocenters. The van der Waals surface area contributed by atoms with E-state index in [9.17, 15) is 22.0 Å². The summed E-state index contributed by atoms with van der Waals surface area (Å²) >= 11 is 0. The van der Waals surface area contributed by atoms with Crippen molar-refractivity contribution < 1.29 is 22.0 Å². The predicted molar refractivity (Wildman–Crippen MR) is 35.1 cm³/mol. The number of halogens is 5. The number of hydrogen-bond acceptors (Lipinski definition) is 1. The summed E-state index contributed by atoms with van der Waals surface area (Å²) in [4.78, 5) is 0. The number of hydrogen-bond donors (Lipinski definition) is 0. The first-order valence-corrected chi connectivity index (χ1v) is 3.63. The smallest absolute Gasteiger partial charge is 0.198 e. The topological polar surface area (TPSA) is 23.8 Å². The van der Waals surface area contributed by atoms with E-state index in [0.29, 0.717) is 0 Å². The Morgan fingerprint density at radius 3 is 1.92 bits per heavy atom. The van der Waals surface area contributed by atoms with Crippen LogP contribution in [0.15, 0.2) is 0 Å². The molecule has 0 aliphatic carbocycles. The number of nitrogens with zero attached hydrogens (tertiary/aromatic N) is 1. The second-order valence-electron chi connectivity index (χ2n) is 2.57. The zero-order valence-electron chi connectivity index (χ0n) is 6.67. The lowest BCUT2D eigenvalue weighted by atomic mass is 10.1. The zero-order valence-corrected chi connectivity index (χ0v) is 6.67. The van der Waals surface area contributed by atoms with Crippen LogP contribution in [0.25, 0.3) is 0 Å². The summed E-state index contributed by atoms with van der Waals surface area (Å²) in [6.45, 7) is 0. The van der Waals surface area contributed by atoms with Crippen LogP contribution in [0.4, 0.5) is 22.0 Å². The van der Waals surface area contributed by atoms with Crippen LogP contribution in [0.2, 0.25) is 0 Å². The monoisotopic (exact) mass is 201 g/mol. The highest BCUT2D eigenvalue weighted by molar-refractivity contribution is 4.76. The minimum atomic E-state index is -5.47. The van der Waals surface area contributed by atoms with Gasteiger partial charge in [0.15, 0.2) is 0 Å². The Balaban J connectivity index is 3.85. The molecule has 76 valence electrons. The molecule has 0 saturated heterocycles. The van der Waals surface area contributed by atoms with Crippen molar-refractivity contribution in [2.45, 2.75) is 37.8 Å². The van der Waals surface area contributed by atoms with Gasteiger partial charge in [-0.15, -0.1) is 0 Å². The van der Waals surface area contributed by atoms with Crippen molar-refractivity contribution in [3.05, 3.63) is 0 Å². The molecule has 13 heavy (non-hydrogen) atoms. The Morgan fingerprint density at radius 1 is 1.00 bits per heavy atom. The van der Waals surface area contributed by atoms with E-state index in [-0.39, 0.29) is 19.3 Å². The first-order valence-electron chi connectivity index (χ1n) is 3.63. The van der Waals surface area contributed by atoms with Crippen LogP contribution in [0.5, 0.6) is 0 Å². The average molecular weight is 201 g/mol. The van der Waals surface area contributed by atoms with Gasteiger partial charge in [-0.05, 0) is 12.8 Å². The Labute approximate surface area is 72.1 Å². The van der Waals surface area contributed by atoms with Gasteiger partial charge in [-0.2, -0.15) is 27.2 Å². The van der Waals surface area contributed by atoms with Crippen LogP contribution in [0.3, 0.4) is 0 Å². The fourth-order valence-electron chi connectivity index (χ4n) is 0.693. The van der Waals surface area contributed by atoms with Gasteiger partial charge in [-0.1, -0.05) is 0 Å². The highest BCUT2D eigenvalue weighted by Crippen LogP contribution is 2.39. The zero-order chi connectivity index (χ0) is 10.5. The van der Waals surface area contributed by atoms with E-state index in [2.05, 4.69) is 0 Å². The van der Waals surface area contributed by atoms with Crippen LogP contribution >= 0.6 is 0 Å². The Kier molecular flexibility index (Phi) is 4.11. The molecule has 0 aromatic carbocycles. The normalized spacial score (nSPS) is 12.6. The van der Waals surface area contributed by atoms with Crippen LogP contribution < -0.4 is 0 Å². The Bertz CT molecular complexity index is 190. The molecular weight excluding hydrogens is 193 g/mol. The van der Waals surface area contributed by atoms with Gasteiger partial charge in [0.2, 0.25) is 0 Å². The van der Waals surface area contributed by atoms with Gasteiger partial charge in [-0.25, -0.2) is 0 Å². The first kappa shape index (κ1) is 12.1. The van der Waals surface area contributed by atoms with Crippen molar-refractivity contribution in [3.63, 3.8) is 0 Å². The first-order chi connectivity index (χ1) is 5.81. The van der Waals surface area contributed by atoms with E-state index >= 15 is 0 Å². The molecule has 0 fully saturated rings. The van der Waals surface area contributed by atoms with Gasteiger partial charge in [0, 0.05) is 12.8 Å². The van der Waals surface area contributed by atoms with E-state index < -0.39 is 18.5 Å². The van der Waals surface area contributed by atoms with Gasteiger partial charge >= 0.3 is 12.1 Å². The van der Waals surface area contributed by atoms with Crippen molar-refractivity contribution in [2.24, 2.45) is 0 Å². The molecule has 0 spiro atoms. The van der Waals surface area contributed by atoms with Gasteiger partial charge in [0.05, 0.1) is 6.07 Å². The van der Waals surface area contributed by atoms with Gasteiger partial charge in [0.1, 0.15) is 0 Å². The lowest BCUT2D eigenvalue weighted by molar-refractivity contribution is -0.284. The molecule has 1 nitrogen and oxygen atoms in total. The summed E-state index contributed by atoms with van der Waals surface area (Å²) in [5.41, 5.74) is 0. The molecule has 0 bridgehead atoms. The minimum absolute atomic E-state index is 0.00787. The molecule has 0 N–H and O–H groups in total. The number of unbranched alkanes of at least 4 members (excludes halogenated alkanes) is 2. The highest BCUT2D eigenvalue weighted by Gasteiger charge is 2.56. The maximum atomic E-state index is 12.2. The molecule has 0 rings (SSSR count). The van der Waals surface area contributed by atoms with Gasteiger partial charge in [0.25, 0.3) is 0 Å². The molecule has 0 heterocycles. The van der Waals surface area contributed by atoms with Gasteiger partial charge < -0.3 is 0 Å². The van der Waals surface area contributed by atoms with Crippen molar-refractivity contribution >= 4 is 0 Å². The number of nitriles is 1. The fourth-order valence-corrected chi connectivity index (χ4v) is 0.693. The van der Waals surface area contributed by atoms with Crippen molar-refractivity contribution in [2.75, 3.05) is 0 Å². The second-order valence-corrected chi connectivity index (χ2v) is 2.57. The van der Waals surface area contributed by atoms with Crippen LogP contribution in [-0.4, -0.2) is 12.1 Å². The summed E-state index contributed by atoms with van der Waals surface area (Å²) in [7, 11) is 0. The maximum absolute atomic E-state index is 12.2. The molecule has 0 aliphatic rings.